The standard InChI is InChI=1S/C49H35N11O13S4/c50-29-12-7-13-30(22-29)51-47-54-48(52-37-23-31(75(65,66)67)18-27-20-39(74(63)64)43(45(61)41(27)37)59-57-35-16-5-10-25-8-1-3-14-33(25)35)56-49(55-47)53-38-24-32(76(68,69)70)19-28-21-40(77(71,72)73)44(46(62)42(28)38)60-58-36-17-6-11-26-9-2-4-15-34(26)36/h1-24,61-62H,50H2,(H,63,64)(H,65,66,67)(H,68,69,70)(H,71,72,73)(H3,51,52,53,54,55,56). The molecule has 0 amide bonds. The van der Waals surface area contributed by atoms with Crippen molar-refractivity contribution in [2.45, 2.75) is 19.6 Å². The van der Waals surface area contributed by atoms with Gasteiger partial charge in [0.15, 0.2) is 22.6 Å². The normalized spacial score (nSPS) is 12.8. The summed E-state index contributed by atoms with van der Waals surface area (Å²) in [4.78, 5) is 10.0. The third kappa shape index (κ3) is 10.6. The summed E-state index contributed by atoms with van der Waals surface area (Å²) in [7, 11) is -15.5. The first-order chi connectivity index (χ1) is 36.6. The Balaban J connectivity index is 1.16. The SMILES string of the molecule is Nc1cccc(Nc2nc(Nc3cc(S(=O)(=O)O)cc4cc(S(=O)O)c(N=Nc5cccc6ccccc56)c(O)c34)nc(Nc3cc(S(=O)(=O)O)cc4cc(S(=O)(=O)O)c(N=Nc5cccc6ccccc56)c(O)c34)n2)c1. The molecule has 24 nitrogen and oxygen atoms in total. The van der Waals surface area contributed by atoms with Gasteiger partial charge in [-0.15, -0.1) is 20.5 Å². The lowest BCUT2D eigenvalue weighted by atomic mass is 10.1. The maximum Gasteiger partial charge on any atom is 0.296 e. The highest BCUT2D eigenvalue weighted by Gasteiger charge is 2.27. The highest BCUT2D eigenvalue weighted by atomic mass is 32.2. The van der Waals surface area contributed by atoms with Crippen LogP contribution in [-0.4, -0.2) is 72.8 Å². The van der Waals surface area contributed by atoms with Crippen LogP contribution < -0.4 is 21.7 Å². The Labute approximate surface area is 437 Å². The average Bonchev–Trinajstić information content (AvgIpc) is 3.36. The Morgan fingerprint density at radius 2 is 0.935 bits per heavy atom. The lowest BCUT2D eigenvalue weighted by Crippen LogP contribution is -2.09. The molecule has 1 heterocycles. The van der Waals surface area contributed by atoms with Gasteiger partial charge >= 0.3 is 0 Å². The minimum Gasteiger partial charge on any atom is -0.505 e. The summed E-state index contributed by atoms with van der Waals surface area (Å²) >= 11 is -2.88. The molecule has 0 aliphatic rings. The monoisotopic (exact) mass is 1110 g/mol. The summed E-state index contributed by atoms with van der Waals surface area (Å²) in [5.74, 6) is -3.14. The molecule has 28 heteroatoms. The van der Waals surface area contributed by atoms with Crippen LogP contribution in [0.1, 0.15) is 0 Å². The van der Waals surface area contributed by atoms with Crippen LogP contribution in [0.15, 0.2) is 186 Å². The van der Waals surface area contributed by atoms with E-state index in [4.69, 9.17) is 5.73 Å². The number of azo groups is 2. The summed E-state index contributed by atoms with van der Waals surface area (Å²) in [5, 5.41) is 50.6. The number of phenols is 2. The van der Waals surface area contributed by atoms with Crippen LogP contribution >= 0.6 is 0 Å². The van der Waals surface area contributed by atoms with E-state index in [1.54, 1.807) is 91.0 Å². The first kappa shape index (κ1) is 51.4. The minimum atomic E-state index is -5.27. The van der Waals surface area contributed by atoms with E-state index >= 15 is 0 Å². The second-order valence-electron chi connectivity index (χ2n) is 16.7. The summed E-state index contributed by atoms with van der Waals surface area (Å²) in [6.45, 7) is 0. The summed E-state index contributed by atoms with van der Waals surface area (Å²) in [6, 6.07) is 35.7. The van der Waals surface area contributed by atoms with Gasteiger partial charge in [0.05, 0.1) is 37.4 Å². The van der Waals surface area contributed by atoms with Crippen LogP contribution in [0.4, 0.5) is 63.3 Å². The topological polar surface area (TPSA) is 391 Å². The largest absolute Gasteiger partial charge is 0.505 e. The Morgan fingerprint density at radius 1 is 0.481 bits per heavy atom. The number of hydrogen-bond acceptors (Lipinski definition) is 20. The predicted molar refractivity (Wildman–Crippen MR) is 286 cm³/mol. The third-order valence-electron chi connectivity index (χ3n) is 11.6. The molecule has 0 fully saturated rings. The second kappa shape index (κ2) is 19.9. The molecule has 1 unspecified atom stereocenters. The number of hydrogen-bond donors (Lipinski definition) is 10. The first-order valence-electron chi connectivity index (χ1n) is 22.0. The van der Waals surface area contributed by atoms with Crippen molar-refractivity contribution in [3.63, 3.8) is 0 Å². The number of nitrogens with zero attached hydrogens (tertiary/aromatic N) is 7. The molecule has 0 aliphatic carbocycles. The summed E-state index contributed by atoms with van der Waals surface area (Å²) in [6.07, 6.45) is 0. The maximum atomic E-state index is 12.9. The Kier molecular flexibility index (Phi) is 13.2. The van der Waals surface area contributed by atoms with E-state index in [9.17, 15) is 57.9 Å². The number of phenolic OH excluding ortho intramolecular Hbond substituents is 2. The fraction of sp³-hybridized carbons (Fsp3) is 0. The summed E-state index contributed by atoms with van der Waals surface area (Å²) < 4.78 is 131. The van der Waals surface area contributed by atoms with Crippen molar-refractivity contribution in [1.82, 2.24) is 15.0 Å². The van der Waals surface area contributed by atoms with Gasteiger partial charge in [0.2, 0.25) is 17.8 Å². The molecule has 10 rings (SSSR count). The molecule has 0 aliphatic heterocycles. The van der Waals surface area contributed by atoms with Crippen molar-refractivity contribution in [2.75, 3.05) is 21.7 Å². The van der Waals surface area contributed by atoms with Gasteiger partial charge in [0.1, 0.15) is 16.3 Å². The number of benzene rings is 9. The van der Waals surface area contributed by atoms with Gasteiger partial charge in [-0.2, -0.15) is 40.2 Å². The maximum absolute atomic E-state index is 12.9. The second-order valence-corrected chi connectivity index (χ2v) is 21.8. The first-order valence-corrected chi connectivity index (χ1v) is 27.4. The van der Waals surface area contributed by atoms with E-state index in [1.165, 1.54) is 6.07 Å². The van der Waals surface area contributed by atoms with E-state index in [0.717, 1.165) is 47.2 Å². The minimum absolute atomic E-state index is 0.225. The molecule has 0 bridgehead atoms. The smallest absolute Gasteiger partial charge is 0.296 e. The van der Waals surface area contributed by atoms with Gasteiger partial charge in [0, 0.05) is 32.9 Å². The van der Waals surface area contributed by atoms with Crippen LogP contribution in [0.3, 0.4) is 0 Å². The molecule has 77 heavy (non-hydrogen) atoms. The molecule has 9 aromatic carbocycles. The average molecular weight is 1110 g/mol. The molecule has 0 radical (unpaired) electrons. The van der Waals surface area contributed by atoms with Gasteiger partial charge < -0.3 is 36.4 Å². The van der Waals surface area contributed by atoms with Crippen molar-refractivity contribution >= 4 is 148 Å². The number of nitrogen functional groups attached to an aromatic ring is 1. The molecular weight excluding hydrogens is 1080 g/mol. The number of nitrogens with one attached hydrogen (secondary N) is 3. The predicted octanol–water partition coefficient (Wildman–Crippen LogP) is 10.9. The van der Waals surface area contributed by atoms with Crippen LogP contribution in [0.5, 0.6) is 11.5 Å². The van der Waals surface area contributed by atoms with Crippen molar-refractivity contribution in [1.29, 1.82) is 0 Å². The van der Waals surface area contributed by atoms with Gasteiger partial charge in [0.25, 0.3) is 30.4 Å². The Morgan fingerprint density at radius 3 is 1.43 bits per heavy atom. The molecule has 1 atom stereocenters. The number of anilines is 7. The number of aromatic nitrogens is 3. The van der Waals surface area contributed by atoms with Crippen LogP contribution in [0.25, 0.3) is 43.1 Å². The van der Waals surface area contributed by atoms with Crippen LogP contribution in [0.2, 0.25) is 0 Å². The quantitative estimate of drug-likeness (QED) is 0.0209. The number of aromatic hydroxyl groups is 2. The van der Waals surface area contributed by atoms with E-state index in [1.807, 2.05) is 12.1 Å². The molecule has 0 saturated heterocycles. The molecule has 11 N–H and O–H groups in total. The highest BCUT2D eigenvalue weighted by molar-refractivity contribution is 7.86. The number of rotatable bonds is 14. The fourth-order valence-corrected chi connectivity index (χ4v) is 10.5. The third-order valence-corrected chi connectivity index (χ3v) is 14.8. The van der Waals surface area contributed by atoms with Crippen molar-refractivity contribution < 1.29 is 57.9 Å². The molecule has 388 valence electrons. The Hall–Kier alpha value is -9.13. The summed E-state index contributed by atoms with van der Waals surface area (Å²) in [5.41, 5.74) is 5.04. The van der Waals surface area contributed by atoms with Gasteiger partial charge in [-0.1, -0.05) is 78.9 Å². The van der Waals surface area contributed by atoms with E-state index in [0.29, 0.717) is 27.8 Å². The zero-order valence-corrected chi connectivity index (χ0v) is 42.0. The lowest BCUT2D eigenvalue weighted by molar-refractivity contribution is 0.472. The van der Waals surface area contributed by atoms with Crippen molar-refractivity contribution in [2.24, 2.45) is 20.5 Å². The fourth-order valence-electron chi connectivity index (χ4n) is 8.27. The zero-order chi connectivity index (χ0) is 54.6. The molecule has 10 aromatic rings. The number of fused-ring (bicyclic) bond motifs is 4. The van der Waals surface area contributed by atoms with Gasteiger partial charge in [-0.05, 0) is 88.3 Å². The molecular formula is C49H35N11O13S4. The van der Waals surface area contributed by atoms with Gasteiger partial charge in [-0.25, -0.2) is 4.21 Å². The molecule has 0 spiro atoms. The van der Waals surface area contributed by atoms with Crippen LogP contribution in [0, 0.1) is 0 Å². The van der Waals surface area contributed by atoms with E-state index in [-0.39, 0.29) is 33.5 Å². The van der Waals surface area contributed by atoms with Gasteiger partial charge in [-0.3, -0.25) is 13.7 Å². The zero-order valence-electron chi connectivity index (χ0n) is 38.7. The Bertz CT molecular complexity index is 4560. The number of nitrogens with two attached hydrogens (primary N) is 1. The van der Waals surface area contributed by atoms with E-state index < -0.39 is 107 Å². The highest BCUT2D eigenvalue weighted by Crippen LogP contribution is 2.48. The molecule has 0 saturated carbocycles. The van der Waals surface area contributed by atoms with Crippen LogP contribution in [-0.2, 0) is 41.4 Å². The van der Waals surface area contributed by atoms with Crippen molar-refractivity contribution in [3.05, 3.63) is 146 Å². The van der Waals surface area contributed by atoms with E-state index in [2.05, 4.69) is 51.4 Å². The lowest BCUT2D eigenvalue weighted by Gasteiger charge is -2.17. The van der Waals surface area contributed by atoms with Crippen molar-refractivity contribution in [3.8, 4) is 11.5 Å². The molecule has 1 aromatic heterocycles.